The number of rotatable bonds is 5. The number of anilines is 1. The number of hydrogen-bond acceptors (Lipinski definition) is 7. The Kier molecular flexibility index (Phi) is 4.70. The van der Waals surface area contributed by atoms with E-state index in [0.717, 1.165) is 11.8 Å². The molecule has 0 saturated heterocycles. The van der Waals surface area contributed by atoms with Crippen molar-refractivity contribution in [2.45, 2.75) is 12.1 Å². The molecule has 1 heterocycles. The largest absolute Gasteiger partial charge is 0.481 e. The molecule has 0 bridgehead atoms. The lowest BCUT2D eigenvalue weighted by atomic mass is 10.3. The molecule has 8 heteroatoms. The third kappa shape index (κ3) is 3.91. The highest BCUT2D eigenvalue weighted by Gasteiger charge is 2.14. The Morgan fingerprint density at radius 2 is 2.29 bits per heavy atom. The van der Waals surface area contributed by atoms with E-state index in [1.807, 2.05) is 0 Å². The number of thioether (sulfide) groups is 1. The van der Waals surface area contributed by atoms with E-state index in [2.05, 4.69) is 9.97 Å². The van der Waals surface area contributed by atoms with Crippen LogP contribution in [-0.2, 0) is 9.53 Å². The zero-order valence-electron chi connectivity index (χ0n) is 9.04. The molecular weight excluding hydrogens is 246 g/mol. The van der Waals surface area contributed by atoms with Crippen LogP contribution in [0.15, 0.2) is 11.4 Å². The second-order valence-electron chi connectivity index (χ2n) is 2.85. The maximum Gasteiger partial charge on any atom is 0.343 e. The van der Waals surface area contributed by atoms with Gasteiger partial charge in [-0.25, -0.2) is 14.8 Å². The van der Waals surface area contributed by atoms with Gasteiger partial charge in [-0.1, -0.05) is 11.8 Å². The summed E-state index contributed by atoms with van der Waals surface area (Å²) >= 11 is 0.923. The fraction of sp³-hybridized carbons (Fsp3) is 0.333. The molecule has 0 fully saturated rings. The number of aliphatic carboxylic acids is 1. The van der Waals surface area contributed by atoms with Gasteiger partial charge < -0.3 is 15.6 Å². The summed E-state index contributed by atoms with van der Waals surface area (Å²) in [7, 11) is 0. The van der Waals surface area contributed by atoms with Gasteiger partial charge >= 0.3 is 11.9 Å². The number of esters is 1. The molecule has 1 aromatic heterocycles. The van der Waals surface area contributed by atoms with Crippen LogP contribution in [0.2, 0.25) is 0 Å². The highest BCUT2D eigenvalue weighted by molar-refractivity contribution is 7.99. The van der Waals surface area contributed by atoms with Crippen molar-refractivity contribution in [3.8, 4) is 0 Å². The first-order valence-corrected chi connectivity index (χ1v) is 5.67. The van der Waals surface area contributed by atoms with Gasteiger partial charge in [-0.15, -0.1) is 0 Å². The van der Waals surface area contributed by atoms with Crippen LogP contribution in [0.25, 0.3) is 0 Å². The molecule has 0 spiro atoms. The number of nitrogens with two attached hydrogens (primary N) is 1. The van der Waals surface area contributed by atoms with Gasteiger partial charge in [0, 0.05) is 6.20 Å². The summed E-state index contributed by atoms with van der Waals surface area (Å²) in [5, 5.41) is 8.68. The summed E-state index contributed by atoms with van der Waals surface area (Å²) in [6.07, 6.45) is 1.23. The molecule has 0 radical (unpaired) electrons. The first kappa shape index (κ1) is 13.2. The number of nitrogens with zero attached hydrogens (tertiary/aromatic N) is 2. The molecule has 0 saturated carbocycles. The predicted molar refractivity (Wildman–Crippen MR) is 60.8 cm³/mol. The Labute approximate surface area is 101 Å². The molecule has 17 heavy (non-hydrogen) atoms. The van der Waals surface area contributed by atoms with Gasteiger partial charge in [0.15, 0.2) is 5.16 Å². The molecule has 0 aromatic carbocycles. The average molecular weight is 257 g/mol. The molecule has 0 amide bonds. The van der Waals surface area contributed by atoms with Gasteiger partial charge in [-0.2, -0.15) is 0 Å². The molecule has 3 N–H and O–H groups in total. The van der Waals surface area contributed by atoms with Crippen LogP contribution < -0.4 is 5.73 Å². The Hall–Kier alpha value is -1.83. The number of hydrogen-bond donors (Lipinski definition) is 2. The number of carbonyl (C=O) groups excluding carboxylic acids is 1. The number of aromatic nitrogens is 2. The van der Waals surface area contributed by atoms with Gasteiger partial charge in [0.2, 0.25) is 0 Å². The van der Waals surface area contributed by atoms with Crippen molar-refractivity contribution in [1.82, 2.24) is 9.97 Å². The van der Waals surface area contributed by atoms with Crippen LogP contribution in [0, 0.1) is 0 Å². The van der Waals surface area contributed by atoms with Crippen LogP contribution in [-0.4, -0.2) is 39.4 Å². The van der Waals surface area contributed by atoms with Gasteiger partial charge in [-0.05, 0) is 6.92 Å². The first-order chi connectivity index (χ1) is 8.04. The van der Waals surface area contributed by atoms with Crippen LogP contribution in [0.4, 0.5) is 5.82 Å². The molecule has 0 aliphatic carbocycles. The topological polar surface area (TPSA) is 115 Å². The average Bonchev–Trinajstić information content (AvgIpc) is 2.26. The van der Waals surface area contributed by atoms with Gasteiger partial charge in [-0.3, -0.25) is 4.79 Å². The molecule has 1 aromatic rings. The van der Waals surface area contributed by atoms with E-state index in [-0.39, 0.29) is 28.9 Å². The quantitative estimate of drug-likeness (QED) is 0.442. The third-order valence-corrected chi connectivity index (χ3v) is 2.46. The summed E-state index contributed by atoms with van der Waals surface area (Å²) in [5.74, 6) is -1.77. The minimum atomic E-state index is -0.980. The Morgan fingerprint density at radius 3 is 2.82 bits per heavy atom. The number of nitrogen functional groups attached to an aromatic ring is 1. The number of carbonyl (C=O) groups is 2. The van der Waals surface area contributed by atoms with Gasteiger partial charge in [0.05, 0.1) is 12.4 Å². The van der Waals surface area contributed by atoms with Crippen LogP contribution in [0.1, 0.15) is 17.3 Å². The summed E-state index contributed by atoms with van der Waals surface area (Å²) in [6.45, 7) is 1.90. The maximum absolute atomic E-state index is 11.4. The minimum absolute atomic E-state index is 0.0219. The lowest BCUT2D eigenvalue weighted by Crippen LogP contribution is -2.11. The molecule has 0 atom stereocenters. The molecule has 0 unspecified atom stereocenters. The van der Waals surface area contributed by atoms with Crippen molar-refractivity contribution in [2.24, 2.45) is 0 Å². The van der Waals surface area contributed by atoms with E-state index in [9.17, 15) is 9.59 Å². The SMILES string of the molecule is CCOC(=O)c1cnc(SCC(=O)O)nc1N. The van der Waals surface area contributed by atoms with E-state index in [1.165, 1.54) is 6.20 Å². The van der Waals surface area contributed by atoms with Crippen LogP contribution in [0.5, 0.6) is 0 Å². The van der Waals surface area contributed by atoms with Crippen molar-refractivity contribution >= 4 is 29.5 Å². The standard InChI is InChI=1S/C9H11N3O4S/c1-2-16-8(15)5-3-11-9(12-7(5)10)17-4-6(13)14/h3H,2,4H2,1H3,(H,13,14)(H2,10,11,12). The first-order valence-electron chi connectivity index (χ1n) is 4.68. The van der Waals surface area contributed by atoms with Gasteiger partial charge in [0.1, 0.15) is 11.4 Å². The van der Waals surface area contributed by atoms with Crippen molar-refractivity contribution in [3.63, 3.8) is 0 Å². The Balaban J connectivity index is 2.79. The van der Waals surface area contributed by atoms with Crippen molar-refractivity contribution < 1.29 is 19.4 Å². The molecule has 92 valence electrons. The summed E-state index contributed by atoms with van der Waals surface area (Å²) < 4.78 is 4.75. The lowest BCUT2D eigenvalue weighted by molar-refractivity contribution is -0.133. The zero-order chi connectivity index (χ0) is 12.8. The van der Waals surface area contributed by atoms with E-state index < -0.39 is 11.9 Å². The predicted octanol–water partition coefficient (Wildman–Crippen LogP) is 0.412. The normalized spacial score (nSPS) is 9.94. The lowest BCUT2D eigenvalue weighted by Gasteiger charge is -2.05. The summed E-state index contributed by atoms with van der Waals surface area (Å²) in [4.78, 5) is 29.3. The van der Waals surface area contributed by atoms with E-state index in [4.69, 9.17) is 15.6 Å². The number of ether oxygens (including phenoxy) is 1. The molecule has 7 nitrogen and oxygen atoms in total. The van der Waals surface area contributed by atoms with Crippen LogP contribution in [0.3, 0.4) is 0 Å². The summed E-state index contributed by atoms with van der Waals surface area (Å²) in [5.41, 5.74) is 5.62. The summed E-state index contributed by atoms with van der Waals surface area (Å²) in [6, 6.07) is 0. The van der Waals surface area contributed by atoms with Crippen LogP contribution >= 0.6 is 11.8 Å². The van der Waals surface area contributed by atoms with Crippen molar-refractivity contribution in [3.05, 3.63) is 11.8 Å². The van der Waals surface area contributed by atoms with Gasteiger partial charge in [0.25, 0.3) is 0 Å². The number of carboxylic acids is 1. The smallest absolute Gasteiger partial charge is 0.343 e. The minimum Gasteiger partial charge on any atom is -0.481 e. The maximum atomic E-state index is 11.4. The molecular formula is C9H11N3O4S. The fourth-order valence-corrected chi connectivity index (χ4v) is 1.48. The zero-order valence-corrected chi connectivity index (χ0v) is 9.86. The Morgan fingerprint density at radius 1 is 1.59 bits per heavy atom. The van der Waals surface area contributed by atoms with Crippen molar-refractivity contribution in [2.75, 3.05) is 18.1 Å². The second kappa shape index (κ2) is 6.04. The number of carboxylic acid groups (broad SMARTS) is 1. The third-order valence-electron chi connectivity index (χ3n) is 1.62. The fourth-order valence-electron chi connectivity index (χ4n) is 0.940. The highest BCUT2D eigenvalue weighted by atomic mass is 32.2. The van der Waals surface area contributed by atoms with E-state index in [0.29, 0.717) is 0 Å². The molecule has 1 rings (SSSR count). The molecule has 0 aliphatic heterocycles. The van der Waals surface area contributed by atoms with E-state index >= 15 is 0 Å². The molecule has 0 aliphatic rings. The monoisotopic (exact) mass is 257 g/mol. The van der Waals surface area contributed by atoms with E-state index in [1.54, 1.807) is 6.92 Å². The highest BCUT2D eigenvalue weighted by Crippen LogP contribution is 2.16. The Bertz CT molecular complexity index is 438. The second-order valence-corrected chi connectivity index (χ2v) is 3.80. The van der Waals surface area contributed by atoms with Crippen molar-refractivity contribution in [1.29, 1.82) is 0 Å².